The molecular formula is C27H30N2O8. The SMILES string of the molecule is Cc1oc(-c2ccc(C(=O)O)cc2)nc1CCOc1ccc(CCC(=O)O)c(CNC(=O)OC(C)C)c1. The molecule has 0 unspecified atom stereocenters. The summed E-state index contributed by atoms with van der Waals surface area (Å²) in [4.78, 5) is 38.5. The van der Waals surface area contributed by atoms with Crippen LogP contribution in [-0.4, -0.2) is 45.9 Å². The van der Waals surface area contributed by atoms with Crippen molar-refractivity contribution in [3.8, 4) is 17.2 Å². The Morgan fingerprint density at radius 3 is 2.41 bits per heavy atom. The summed E-state index contributed by atoms with van der Waals surface area (Å²) in [5.41, 5.74) is 3.11. The molecule has 37 heavy (non-hydrogen) atoms. The van der Waals surface area contributed by atoms with E-state index >= 15 is 0 Å². The molecule has 0 radical (unpaired) electrons. The van der Waals surface area contributed by atoms with Gasteiger partial charge in [0.25, 0.3) is 0 Å². The molecule has 1 amide bonds. The fourth-order valence-electron chi connectivity index (χ4n) is 3.57. The molecule has 10 nitrogen and oxygen atoms in total. The first kappa shape index (κ1) is 27.3. The summed E-state index contributed by atoms with van der Waals surface area (Å²) in [5, 5.41) is 20.8. The van der Waals surface area contributed by atoms with Gasteiger partial charge in [-0.15, -0.1) is 0 Å². The summed E-state index contributed by atoms with van der Waals surface area (Å²) >= 11 is 0. The highest BCUT2D eigenvalue weighted by molar-refractivity contribution is 5.88. The molecule has 0 aliphatic heterocycles. The second-order valence-corrected chi connectivity index (χ2v) is 8.63. The lowest BCUT2D eigenvalue weighted by Gasteiger charge is -2.14. The first-order chi connectivity index (χ1) is 17.6. The number of benzene rings is 2. The summed E-state index contributed by atoms with van der Waals surface area (Å²) in [6.07, 6.45) is -0.0555. The molecule has 0 bridgehead atoms. The Morgan fingerprint density at radius 2 is 1.76 bits per heavy atom. The molecule has 0 saturated carbocycles. The van der Waals surface area contributed by atoms with Gasteiger partial charge in [0.15, 0.2) is 0 Å². The molecule has 3 aromatic rings. The number of aromatic nitrogens is 1. The van der Waals surface area contributed by atoms with E-state index in [0.717, 1.165) is 11.1 Å². The van der Waals surface area contributed by atoms with Gasteiger partial charge in [-0.3, -0.25) is 4.79 Å². The minimum absolute atomic E-state index is 0.0313. The number of nitrogens with zero attached hydrogens (tertiary/aromatic N) is 1. The number of carbonyl (C=O) groups excluding carboxylic acids is 1. The monoisotopic (exact) mass is 510 g/mol. The third kappa shape index (κ3) is 8.09. The molecule has 0 aliphatic carbocycles. The highest BCUT2D eigenvalue weighted by atomic mass is 16.6. The van der Waals surface area contributed by atoms with E-state index in [1.807, 2.05) is 0 Å². The van der Waals surface area contributed by atoms with E-state index in [-0.39, 0.29) is 24.6 Å². The van der Waals surface area contributed by atoms with Crippen LogP contribution in [0.25, 0.3) is 11.5 Å². The zero-order chi connectivity index (χ0) is 26.9. The van der Waals surface area contributed by atoms with Crippen molar-refractivity contribution in [1.82, 2.24) is 10.3 Å². The number of oxazole rings is 1. The summed E-state index contributed by atoms with van der Waals surface area (Å²) in [7, 11) is 0. The van der Waals surface area contributed by atoms with Gasteiger partial charge in [-0.1, -0.05) is 6.07 Å². The van der Waals surface area contributed by atoms with Crippen molar-refractivity contribution in [3.63, 3.8) is 0 Å². The van der Waals surface area contributed by atoms with Gasteiger partial charge in [0.2, 0.25) is 5.89 Å². The number of carboxylic acids is 2. The number of alkyl carbamates (subject to hydrolysis) is 1. The van der Waals surface area contributed by atoms with E-state index in [4.69, 9.17) is 24.1 Å². The summed E-state index contributed by atoms with van der Waals surface area (Å²) in [5.74, 6) is -0.304. The van der Waals surface area contributed by atoms with Crippen LogP contribution in [0.5, 0.6) is 5.75 Å². The standard InChI is InChI=1S/C27H30N2O8/c1-16(2)36-27(34)28-15-21-14-22(10-8-18(21)9-11-24(30)31)35-13-12-23-17(3)37-25(29-23)19-4-6-20(7-5-19)26(32)33/h4-8,10,14,16H,9,11-13,15H2,1-3H3,(H,28,34)(H,30,31)(H,32,33). The maximum atomic E-state index is 11.9. The van der Waals surface area contributed by atoms with Crippen molar-refractivity contribution in [2.75, 3.05) is 6.61 Å². The van der Waals surface area contributed by atoms with Crippen LogP contribution >= 0.6 is 0 Å². The van der Waals surface area contributed by atoms with Crippen LogP contribution in [0.15, 0.2) is 46.9 Å². The molecule has 0 spiro atoms. The molecule has 10 heteroatoms. The van der Waals surface area contributed by atoms with Crippen molar-refractivity contribution in [2.45, 2.75) is 52.7 Å². The molecular weight excluding hydrogens is 480 g/mol. The number of aryl methyl sites for hydroxylation is 2. The minimum atomic E-state index is -1.00. The number of amides is 1. The molecule has 1 aromatic heterocycles. The number of aliphatic carboxylic acids is 1. The maximum Gasteiger partial charge on any atom is 0.407 e. The number of rotatable bonds is 12. The number of carboxylic acid groups (broad SMARTS) is 2. The van der Waals surface area contributed by atoms with Crippen LogP contribution in [0.3, 0.4) is 0 Å². The Morgan fingerprint density at radius 1 is 1.03 bits per heavy atom. The first-order valence-corrected chi connectivity index (χ1v) is 11.8. The third-order valence-electron chi connectivity index (χ3n) is 5.43. The number of ether oxygens (including phenoxy) is 2. The zero-order valence-corrected chi connectivity index (χ0v) is 20.9. The Kier molecular flexibility index (Phi) is 9.26. The fourth-order valence-corrected chi connectivity index (χ4v) is 3.57. The number of aromatic carboxylic acids is 1. The van der Waals surface area contributed by atoms with Gasteiger partial charge in [0.05, 0.1) is 24.0 Å². The predicted octanol–water partition coefficient (Wildman–Crippen LogP) is 4.62. The van der Waals surface area contributed by atoms with E-state index in [1.165, 1.54) is 12.1 Å². The van der Waals surface area contributed by atoms with Crippen LogP contribution in [-0.2, 0) is 28.9 Å². The molecule has 0 saturated heterocycles. The van der Waals surface area contributed by atoms with Crippen molar-refractivity contribution < 1.29 is 38.5 Å². The molecule has 3 N–H and O–H groups in total. The number of hydrogen-bond donors (Lipinski definition) is 3. The lowest BCUT2D eigenvalue weighted by atomic mass is 10.0. The Hall–Kier alpha value is -4.34. The van der Waals surface area contributed by atoms with Crippen molar-refractivity contribution in [1.29, 1.82) is 0 Å². The molecule has 3 rings (SSSR count). The maximum absolute atomic E-state index is 11.9. The summed E-state index contributed by atoms with van der Waals surface area (Å²) in [6, 6.07) is 11.6. The van der Waals surface area contributed by atoms with Gasteiger partial charge < -0.3 is 29.4 Å². The Labute approximate surface area is 214 Å². The molecule has 0 aliphatic rings. The number of nitrogens with one attached hydrogen (secondary N) is 1. The zero-order valence-electron chi connectivity index (χ0n) is 20.9. The molecule has 0 fully saturated rings. The van der Waals surface area contributed by atoms with E-state index in [2.05, 4.69) is 10.3 Å². The average Bonchev–Trinajstić information content (AvgIpc) is 3.22. The van der Waals surface area contributed by atoms with Gasteiger partial charge in [-0.25, -0.2) is 14.6 Å². The van der Waals surface area contributed by atoms with Gasteiger partial charge in [0.1, 0.15) is 11.5 Å². The highest BCUT2D eigenvalue weighted by Gasteiger charge is 2.14. The lowest BCUT2D eigenvalue weighted by molar-refractivity contribution is -0.136. The largest absolute Gasteiger partial charge is 0.493 e. The van der Waals surface area contributed by atoms with Crippen molar-refractivity contribution in [3.05, 3.63) is 70.6 Å². The molecule has 196 valence electrons. The normalized spacial score (nSPS) is 10.8. The van der Waals surface area contributed by atoms with Crippen molar-refractivity contribution >= 4 is 18.0 Å². The lowest BCUT2D eigenvalue weighted by Crippen LogP contribution is -2.26. The van der Waals surface area contributed by atoms with Crippen LogP contribution in [0.2, 0.25) is 0 Å². The van der Waals surface area contributed by atoms with E-state index in [0.29, 0.717) is 48.1 Å². The summed E-state index contributed by atoms with van der Waals surface area (Å²) in [6.45, 7) is 5.78. The third-order valence-corrected chi connectivity index (χ3v) is 5.43. The van der Waals surface area contributed by atoms with Gasteiger partial charge in [0, 0.05) is 24.9 Å². The van der Waals surface area contributed by atoms with Gasteiger partial charge in [-0.05, 0) is 74.7 Å². The highest BCUT2D eigenvalue weighted by Crippen LogP contribution is 2.24. The van der Waals surface area contributed by atoms with Gasteiger partial charge in [-0.2, -0.15) is 0 Å². The fraction of sp³-hybridized carbons (Fsp3) is 0.333. The Bertz CT molecular complexity index is 1250. The van der Waals surface area contributed by atoms with Crippen molar-refractivity contribution in [2.24, 2.45) is 0 Å². The number of hydrogen-bond acceptors (Lipinski definition) is 7. The quantitative estimate of drug-likeness (QED) is 0.317. The minimum Gasteiger partial charge on any atom is -0.493 e. The van der Waals surface area contributed by atoms with Crippen LogP contribution < -0.4 is 10.1 Å². The van der Waals surface area contributed by atoms with Gasteiger partial charge >= 0.3 is 18.0 Å². The van der Waals surface area contributed by atoms with Crippen LogP contribution in [0.4, 0.5) is 4.79 Å². The topological polar surface area (TPSA) is 148 Å². The molecule has 1 heterocycles. The average molecular weight is 511 g/mol. The smallest absolute Gasteiger partial charge is 0.407 e. The second kappa shape index (κ2) is 12.6. The predicted molar refractivity (Wildman–Crippen MR) is 134 cm³/mol. The van der Waals surface area contributed by atoms with Crippen LogP contribution in [0.1, 0.15) is 53.2 Å². The Balaban J connectivity index is 1.64. The van der Waals surface area contributed by atoms with E-state index in [9.17, 15) is 14.4 Å². The number of carbonyl (C=O) groups is 3. The van der Waals surface area contributed by atoms with E-state index < -0.39 is 18.0 Å². The molecule has 0 atom stereocenters. The molecule has 2 aromatic carbocycles. The first-order valence-electron chi connectivity index (χ1n) is 11.8. The second-order valence-electron chi connectivity index (χ2n) is 8.63. The summed E-state index contributed by atoms with van der Waals surface area (Å²) < 4.78 is 16.8. The van der Waals surface area contributed by atoms with Crippen LogP contribution in [0, 0.1) is 6.92 Å². The van der Waals surface area contributed by atoms with E-state index in [1.54, 1.807) is 51.1 Å².